The van der Waals surface area contributed by atoms with Crippen molar-refractivity contribution in [2.45, 2.75) is 19.8 Å². The van der Waals surface area contributed by atoms with Crippen LogP contribution in [0, 0.1) is 6.92 Å². The second-order valence-corrected chi connectivity index (χ2v) is 6.59. The fourth-order valence-corrected chi connectivity index (χ4v) is 3.52. The summed E-state index contributed by atoms with van der Waals surface area (Å²) in [5.41, 5.74) is 3.76. The van der Waals surface area contributed by atoms with Crippen LogP contribution in [-0.2, 0) is 9.59 Å². The molecule has 2 aliphatic rings. The molecule has 0 unspecified atom stereocenters. The minimum atomic E-state index is -0.0333. The SMILES string of the molecule is Cc1ccc(/C=C/C(=O)N2CCC(=C3C(=O)Nc4ccccc43)CC2)o1. The molecular weight excluding hydrogens is 328 g/mol. The molecule has 0 bridgehead atoms. The van der Waals surface area contributed by atoms with Gasteiger partial charge in [0, 0.05) is 36.0 Å². The van der Waals surface area contributed by atoms with Crippen molar-refractivity contribution < 1.29 is 14.0 Å². The largest absolute Gasteiger partial charge is 0.462 e. The van der Waals surface area contributed by atoms with Crippen LogP contribution in [0.1, 0.15) is 29.9 Å². The van der Waals surface area contributed by atoms with Gasteiger partial charge in [-0.1, -0.05) is 23.8 Å². The van der Waals surface area contributed by atoms with Crippen LogP contribution in [0.5, 0.6) is 0 Å². The van der Waals surface area contributed by atoms with Crippen molar-refractivity contribution in [3.8, 4) is 0 Å². The highest BCUT2D eigenvalue weighted by Crippen LogP contribution is 2.36. The van der Waals surface area contributed by atoms with Gasteiger partial charge in [-0.25, -0.2) is 0 Å². The first kappa shape index (κ1) is 16.4. The van der Waals surface area contributed by atoms with Crippen LogP contribution in [-0.4, -0.2) is 29.8 Å². The molecule has 2 aromatic rings. The van der Waals surface area contributed by atoms with Crippen LogP contribution in [0.3, 0.4) is 0 Å². The van der Waals surface area contributed by atoms with Crippen LogP contribution >= 0.6 is 0 Å². The molecule has 0 atom stereocenters. The Morgan fingerprint density at radius 2 is 1.92 bits per heavy atom. The van der Waals surface area contributed by atoms with Crippen LogP contribution < -0.4 is 5.32 Å². The molecule has 0 aliphatic carbocycles. The summed E-state index contributed by atoms with van der Waals surface area (Å²) in [4.78, 5) is 26.5. The first-order chi connectivity index (χ1) is 12.6. The summed E-state index contributed by atoms with van der Waals surface area (Å²) in [6.45, 7) is 3.11. The summed E-state index contributed by atoms with van der Waals surface area (Å²) in [5, 5.41) is 2.92. The Bertz CT molecular complexity index is 926. The van der Waals surface area contributed by atoms with Crippen molar-refractivity contribution in [2.24, 2.45) is 0 Å². The van der Waals surface area contributed by atoms with E-state index in [4.69, 9.17) is 4.42 Å². The van der Waals surface area contributed by atoms with Crippen molar-refractivity contribution in [3.63, 3.8) is 0 Å². The zero-order chi connectivity index (χ0) is 18.1. The van der Waals surface area contributed by atoms with Gasteiger partial charge in [-0.05, 0) is 44.0 Å². The molecule has 1 fully saturated rings. The van der Waals surface area contributed by atoms with Gasteiger partial charge in [0.2, 0.25) is 5.91 Å². The third kappa shape index (κ3) is 3.08. The maximum absolute atomic E-state index is 12.4. The van der Waals surface area contributed by atoms with E-state index in [1.807, 2.05) is 48.2 Å². The minimum absolute atomic E-state index is 0.0284. The molecule has 2 amide bonds. The highest BCUT2D eigenvalue weighted by molar-refractivity contribution is 6.32. The predicted octanol–water partition coefficient (Wildman–Crippen LogP) is 3.63. The number of amides is 2. The smallest absolute Gasteiger partial charge is 0.256 e. The first-order valence-electron chi connectivity index (χ1n) is 8.78. The molecule has 1 aromatic heterocycles. The van der Waals surface area contributed by atoms with E-state index in [-0.39, 0.29) is 11.8 Å². The van der Waals surface area contributed by atoms with E-state index in [0.717, 1.165) is 41.0 Å². The van der Waals surface area contributed by atoms with E-state index in [1.54, 1.807) is 12.2 Å². The number of hydrogen-bond donors (Lipinski definition) is 1. The number of rotatable bonds is 2. The fraction of sp³-hybridized carbons (Fsp3) is 0.238. The molecule has 2 aliphatic heterocycles. The summed E-state index contributed by atoms with van der Waals surface area (Å²) >= 11 is 0. The van der Waals surface area contributed by atoms with Crippen LogP contribution in [0.4, 0.5) is 5.69 Å². The highest BCUT2D eigenvalue weighted by Gasteiger charge is 2.29. The molecular formula is C21H20N2O3. The van der Waals surface area contributed by atoms with E-state index in [2.05, 4.69) is 5.32 Å². The van der Waals surface area contributed by atoms with Gasteiger partial charge in [0.25, 0.3) is 5.91 Å². The number of aryl methyl sites for hydroxylation is 1. The van der Waals surface area contributed by atoms with Crippen molar-refractivity contribution in [3.05, 3.63) is 65.1 Å². The molecule has 0 saturated carbocycles. The maximum Gasteiger partial charge on any atom is 0.256 e. The van der Waals surface area contributed by atoms with Crippen molar-refractivity contribution >= 4 is 29.2 Å². The Kier molecular flexibility index (Phi) is 4.21. The van der Waals surface area contributed by atoms with Gasteiger partial charge in [-0.3, -0.25) is 9.59 Å². The van der Waals surface area contributed by atoms with E-state index < -0.39 is 0 Å². The molecule has 5 nitrogen and oxygen atoms in total. The molecule has 0 spiro atoms. The van der Waals surface area contributed by atoms with Gasteiger partial charge in [-0.15, -0.1) is 0 Å². The number of para-hydroxylation sites is 1. The number of benzene rings is 1. The van der Waals surface area contributed by atoms with Gasteiger partial charge in [0.05, 0.1) is 0 Å². The molecule has 5 heteroatoms. The lowest BCUT2D eigenvalue weighted by Crippen LogP contribution is -2.35. The Labute approximate surface area is 152 Å². The molecule has 132 valence electrons. The lowest BCUT2D eigenvalue weighted by Gasteiger charge is -2.28. The average Bonchev–Trinajstić information content (AvgIpc) is 3.22. The lowest BCUT2D eigenvalue weighted by molar-refractivity contribution is -0.126. The molecule has 26 heavy (non-hydrogen) atoms. The topological polar surface area (TPSA) is 62.6 Å². The van der Waals surface area contributed by atoms with Gasteiger partial charge in [0.1, 0.15) is 11.5 Å². The van der Waals surface area contributed by atoms with E-state index in [1.165, 1.54) is 0 Å². The molecule has 4 rings (SSSR count). The van der Waals surface area contributed by atoms with E-state index in [9.17, 15) is 9.59 Å². The van der Waals surface area contributed by atoms with Gasteiger partial charge < -0.3 is 14.6 Å². The number of piperidine rings is 1. The Morgan fingerprint density at radius 1 is 1.15 bits per heavy atom. The number of anilines is 1. The zero-order valence-electron chi connectivity index (χ0n) is 14.6. The minimum Gasteiger partial charge on any atom is -0.462 e. The van der Waals surface area contributed by atoms with Crippen LogP contribution in [0.25, 0.3) is 11.6 Å². The van der Waals surface area contributed by atoms with Crippen molar-refractivity contribution in [1.29, 1.82) is 0 Å². The summed E-state index contributed by atoms with van der Waals surface area (Å²) in [5.74, 6) is 1.43. The predicted molar refractivity (Wildman–Crippen MR) is 100 cm³/mol. The molecule has 1 N–H and O–H groups in total. The standard InChI is InChI=1S/C21H20N2O3/c1-14-6-7-16(26-14)8-9-19(24)23-12-10-15(11-13-23)20-17-4-2-3-5-18(17)22-21(20)25/h2-9H,10-13H2,1H3,(H,22,25)/b9-8+. The summed E-state index contributed by atoms with van der Waals surface area (Å²) in [7, 11) is 0. The van der Waals surface area contributed by atoms with E-state index >= 15 is 0 Å². The number of hydrogen-bond acceptors (Lipinski definition) is 3. The Hall–Kier alpha value is -3.08. The number of carbonyl (C=O) groups is 2. The third-order valence-corrected chi connectivity index (χ3v) is 4.86. The molecule has 1 aromatic carbocycles. The molecule has 3 heterocycles. The normalized spacial score (nSPS) is 17.0. The second-order valence-electron chi connectivity index (χ2n) is 6.59. The van der Waals surface area contributed by atoms with Crippen LogP contribution in [0.15, 0.2) is 52.5 Å². The fourth-order valence-electron chi connectivity index (χ4n) is 3.52. The second kappa shape index (κ2) is 6.67. The van der Waals surface area contributed by atoms with Gasteiger partial charge >= 0.3 is 0 Å². The first-order valence-corrected chi connectivity index (χ1v) is 8.78. The number of carbonyl (C=O) groups excluding carboxylic acids is 2. The monoisotopic (exact) mass is 348 g/mol. The van der Waals surface area contributed by atoms with Crippen molar-refractivity contribution in [2.75, 3.05) is 18.4 Å². The van der Waals surface area contributed by atoms with Gasteiger partial charge in [-0.2, -0.15) is 0 Å². The third-order valence-electron chi connectivity index (χ3n) is 4.86. The molecule has 0 radical (unpaired) electrons. The maximum atomic E-state index is 12.4. The quantitative estimate of drug-likeness (QED) is 0.843. The number of likely N-dealkylation sites (tertiary alicyclic amines) is 1. The highest BCUT2D eigenvalue weighted by atomic mass is 16.3. The Morgan fingerprint density at radius 3 is 2.65 bits per heavy atom. The Balaban J connectivity index is 1.45. The number of nitrogens with zero attached hydrogens (tertiary/aromatic N) is 1. The van der Waals surface area contributed by atoms with E-state index in [0.29, 0.717) is 18.8 Å². The summed E-state index contributed by atoms with van der Waals surface area (Å²) < 4.78 is 5.44. The van der Waals surface area contributed by atoms with Gasteiger partial charge in [0.15, 0.2) is 0 Å². The number of fused-ring (bicyclic) bond motifs is 1. The summed E-state index contributed by atoms with van der Waals surface area (Å²) in [6, 6.07) is 11.5. The van der Waals surface area contributed by atoms with Crippen molar-refractivity contribution in [1.82, 2.24) is 4.90 Å². The number of nitrogens with one attached hydrogen (secondary N) is 1. The average molecular weight is 348 g/mol. The van der Waals surface area contributed by atoms with Crippen LogP contribution in [0.2, 0.25) is 0 Å². The lowest BCUT2D eigenvalue weighted by atomic mass is 9.94. The number of furan rings is 1. The summed E-state index contributed by atoms with van der Waals surface area (Å²) in [6.07, 6.45) is 4.69. The molecule has 1 saturated heterocycles. The zero-order valence-corrected chi connectivity index (χ0v) is 14.6.